The molecule has 6 nitrogen and oxygen atoms in total. The van der Waals surface area contributed by atoms with E-state index < -0.39 is 33.3 Å². The van der Waals surface area contributed by atoms with Crippen LogP contribution in [0, 0.1) is 13.8 Å². The fraction of sp³-hybridized carbons (Fsp3) is 0.250. The molecule has 0 aliphatic carbocycles. The monoisotopic (exact) mass is 840 g/mol. The minimum atomic E-state index is -2.68. The fourth-order valence-corrected chi connectivity index (χ4v) is 27.3. The van der Waals surface area contributed by atoms with E-state index in [4.69, 9.17) is 31.2 Å². The molecule has 6 aromatic rings. The van der Waals surface area contributed by atoms with E-state index in [1.165, 1.54) is 31.1 Å². The van der Waals surface area contributed by atoms with Crippen molar-refractivity contribution < 1.29 is 8.23 Å². The van der Waals surface area contributed by atoms with Crippen LogP contribution in [-0.2, 0) is 8.23 Å². The Kier molecular flexibility index (Phi) is 15.5. The van der Waals surface area contributed by atoms with Gasteiger partial charge < -0.3 is 31.2 Å². The SMILES string of the molecule is Cc1cc([Si](C)(C)O[Si](C)(C)c2ccc(N)c(C)c2)ccc1N.NCCC[Si](O[Si](CCCN)(c1ccccc1)c1ccccc1)(c1ccccc1)c1ccccc1. The Bertz CT molecular complexity index is 1940. The molecule has 6 rings (SSSR count). The molecule has 0 atom stereocenters. The average molecular weight is 841 g/mol. The molecule has 8 N–H and O–H groups in total. The van der Waals surface area contributed by atoms with Crippen LogP contribution in [0.2, 0.25) is 38.3 Å². The standard InChI is InChI=1S/C30H36N2OSi2.C18H28N2OSi2/c31-23-13-25-34(27-15-5-1-6-16-27,28-17-7-2-8-18-28)33-35(26-14-24-32,29-19-9-3-10-20-29)30-21-11-4-12-22-30;1-13-11-15(7-9-17(13)19)22(3,4)21-23(5,6)16-8-10-18(20)14(2)12-16/h1-12,15-22H,13-14,23-26,31-32H2;7-12H,19-20H2,1-6H3. The third kappa shape index (κ3) is 10.6. The number of rotatable bonds is 16. The van der Waals surface area contributed by atoms with Gasteiger partial charge in [-0.25, -0.2) is 0 Å². The van der Waals surface area contributed by atoms with Gasteiger partial charge in [0, 0.05) is 11.4 Å². The smallest absolute Gasteiger partial charge is 0.245 e. The van der Waals surface area contributed by atoms with Crippen molar-refractivity contribution in [2.45, 2.75) is 65.0 Å². The van der Waals surface area contributed by atoms with Gasteiger partial charge in [-0.3, -0.25) is 0 Å². The summed E-state index contributed by atoms with van der Waals surface area (Å²) >= 11 is 0. The summed E-state index contributed by atoms with van der Waals surface area (Å²) in [6, 6.07) is 58.0. The molecule has 0 aliphatic rings. The van der Waals surface area contributed by atoms with Gasteiger partial charge in [0.1, 0.15) is 0 Å². The zero-order chi connectivity index (χ0) is 41.8. The third-order valence-corrected chi connectivity index (χ3v) is 28.7. The second kappa shape index (κ2) is 20.1. The maximum atomic E-state index is 7.94. The molecule has 58 heavy (non-hydrogen) atoms. The Labute approximate surface area is 352 Å². The molecule has 0 bridgehead atoms. The van der Waals surface area contributed by atoms with Gasteiger partial charge in [-0.2, -0.15) is 0 Å². The quantitative estimate of drug-likeness (QED) is 0.0678. The van der Waals surface area contributed by atoms with Gasteiger partial charge in [0.25, 0.3) is 0 Å². The van der Waals surface area contributed by atoms with Crippen LogP contribution in [0.1, 0.15) is 24.0 Å². The lowest BCUT2D eigenvalue weighted by Gasteiger charge is -2.43. The van der Waals surface area contributed by atoms with Crippen molar-refractivity contribution in [3.8, 4) is 0 Å². The molecule has 0 saturated carbocycles. The van der Waals surface area contributed by atoms with Gasteiger partial charge >= 0.3 is 0 Å². The highest BCUT2D eigenvalue weighted by Crippen LogP contribution is 2.26. The summed E-state index contributed by atoms with van der Waals surface area (Å²) in [7, 11) is -9.37. The molecule has 0 aliphatic heterocycles. The number of nitrogens with two attached hydrogens (primary N) is 4. The van der Waals surface area contributed by atoms with Crippen molar-refractivity contribution in [1.82, 2.24) is 0 Å². The fourth-order valence-electron chi connectivity index (χ4n) is 7.93. The van der Waals surface area contributed by atoms with E-state index in [-0.39, 0.29) is 0 Å². The number of benzene rings is 6. The summed E-state index contributed by atoms with van der Waals surface area (Å²) in [5.74, 6) is 0. The second-order valence-electron chi connectivity index (χ2n) is 16.3. The first-order valence-corrected chi connectivity index (χ1v) is 30.6. The van der Waals surface area contributed by atoms with E-state index in [1.54, 1.807) is 0 Å². The van der Waals surface area contributed by atoms with Crippen LogP contribution < -0.4 is 54.1 Å². The first-order chi connectivity index (χ1) is 27.8. The van der Waals surface area contributed by atoms with Gasteiger partial charge in [-0.1, -0.05) is 146 Å². The number of anilines is 2. The largest absolute Gasteiger partial charge is 0.449 e. The number of nitrogen functional groups attached to an aromatic ring is 2. The highest BCUT2D eigenvalue weighted by atomic mass is 28.4. The second-order valence-corrected chi connectivity index (χ2v) is 31.7. The van der Waals surface area contributed by atoms with Crippen molar-refractivity contribution in [1.29, 1.82) is 0 Å². The molecule has 0 radical (unpaired) electrons. The van der Waals surface area contributed by atoms with E-state index >= 15 is 0 Å². The molecule has 0 unspecified atom stereocenters. The third-order valence-electron chi connectivity index (χ3n) is 11.2. The molecule has 0 saturated heterocycles. The minimum absolute atomic E-state index is 0.645. The number of hydrogen-bond donors (Lipinski definition) is 4. The maximum absolute atomic E-state index is 7.94. The van der Waals surface area contributed by atoms with Gasteiger partial charge in [0.05, 0.1) is 0 Å². The predicted octanol–water partition coefficient (Wildman–Crippen LogP) is 6.23. The number of aryl methyl sites for hydroxylation is 2. The lowest BCUT2D eigenvalue weighted by molar-refractivity contribution is 0.559. The zero-order valence-corrected chi connectivity index (χ0v) is 39.4. The maximum Gasteiger partial charge on any atom is 0.245 e. The van der Waals surface area contributed by atoms with Gasteiger partial charge in [0.2, 0.25) is 33.3 Å². The number of hydrogen-bond acceptors (Lipinski definition) is 6. The Hall–Kier alpha value is -4.37. The summed E-state index contributed by atoms with van der Waals surface area (Å²) in [5, 5.41) is 7.79. The average Bonchev–Trinajstić information content (AvgIpc) is 3.24. The van der Waals surface area contributed by atoms with Crippen LogP contribution in [0.5, 0.6) is 0 Å². The van der Waals surface area contributed by atoms with Crippen LogP contribution >= 0.6 is 0 Å². The molecule has 10 heteroatoms. The predicted molar refractivity (Wildman–Crippen MR) is 260 cm³/mol. The van der Waals surface area contributed by atoms with Crippen molar-refractivity contribution in [3.63, 3.8) is 0 Å². The highest BCUT2D eigenvalue weighted by Gasteiger charge is 2.49. The lowest BCUT2D eigenvalue weighted by atomic mass is 10.2. The van der Waals surface area contributed by atoms with E-state index in [1.807, 2.05) is 12.1 Å². The molecular weight excluding hydrogens is 777 g/mol. The van der Waals surface area contributed by atoms with Crippen molar-refractivity contribution in [2.75, 3.05) is 24.6 Å². The Morgan fingerprint density at radius 2 is 0.690 bits per heavy atom. The van der Waals surface area contributed by atoms with Gasteiger partial charge in [-0.05, 0) is 132 Å². The first-order valence-electron chi connectivity index (χ1n) is 20.5. The molecule has 0 heterocycles. The Morgan fingerprint density at radius 1 is 0.397 bits per heavy atom. The summed E-state index contributed by atoms with van der Waals surface area (Å²) in [6.45, 7) is 14.4. The Balaban J connectivity index is 0.000000242. The molecule has 0 spiro atoms. The van der Waals surface area contributed by atoms with Crippen LogP contribution in [0.25, 0.3) is 0 Å². The highest BCUT2D eigenvalue weighted by molar-refractivity contribution is 7.09. The summed E-state index contributed by atoms with van der Waals surface area (Å²) in [6.07, 6.45) is 1.84. The van der Waals surface area contributed by atoms with Crippen molar-refractivity contribution >= 4 is 75.8 Å². The summed E-state index contributed by atoms with van der Waals surface area (Å²) in [4.78, 5) is 0. The van der Waals surface area contributed by atoms with Gasteiger partial charge in [0.15, 0.2) is 0 Å². The van der Waals surface area contributed by atoms with Gasteiger partial charge in [-0.15, -0.1) is 0 Å². The molecule has 304 valence electrons. The normalized spacial score (nSPS) is 12.1. The lowest BCUT2D eigenvalue weighted by Crippen LogP contribution is -2.73. The zero-order valence-electron chi connectivity index (χ0n) is 35.4. The van der Waals surface area contributed by atoms with Crippen LogP contribution in [0.3, 0.4) is 0 Å². The van der Waals surface area contributed by atoms with Crippen LogP contribution in [-0.4, -0.2) is 46.4 Å². The van der Waals surface area contributed by atoms with E-state index in [0.717, 1.165) is 47.4 Å². The molecule has 0 amide bonds. The van der Waals surface area contributed by atoms with Crippen LogP contribution in [0.15, 0.2) is 158 Å². The summed E-state index contributed by atoms with van der Waals surface area (Å²) < 4.78 is 14.7. The van der Waals surface area contributed by atoms with E-state index in [9.17, 15) is 0 Å². The first kappa shape index (κ1) is 44.7. The van der Waals surface area contributed by atoms with Crippen LogP contribution in [0.4, 0.5) is 11.4 Å². The van der Waals surface area contributed by atoms with Crippen molar-refractivity contribution in [3.05, 3.63) is 169 Å². The van der Waals surface area contributed by atoms with Crippen molar-refractivity contribution in [2.24, 2.45) is 11.5 Å². The Morgan fingerprint density at radius 3 is 0.948 bits per heavy atom. The molecule has 0 fully saturated rings. The topological polar surface area (TPSA) is 123 Å². The molecule has 6 aromatic carbocycles. The molecule has 0 aromatic heterocycles. The summed E-state index contributed by atoms with van der Waals surface area (Å²) in [5.41, 5.74) is 28.1. The molecular formula is C48H64N4O2Si4. The minimum Gasteiger partial charge on any atom is -0.449 e. The van der Waals surface area contributed by atoms with E-state index in [2.05, 4.69) is 186 Å². The van der Waals surface area contributed by atoms with E-state index in [0.29, 0.717) is 13.1 Å².